The summed E-state index contributed by atoms with van der Waals surface area (Å²) in [6.07, 6.45) is 3.55. The van der Waals surface area contributed by atoms with Crippen LogP contribution in [0.5, 0.6) is 10.9 Å². The number of hydrogen-bond donors (Lipinski definition) is 1. The van der Waals surface area contributed by atoms with Crippen molar-refractivity contribution in [2.75, 3.05) is 32.8 Å². The van der Waals surface area contributed by atoms with E-state index in [-0.39, 0.29) is 5.91 Å². The molecule has 1 amide bonds. The third kappa shape index (κ3) is 3.52. The van der Waals surface area contributed by atoms with Crippen molar-refractivity contribution < 1.29 is 19.1 Å². The Morgan fingerprint density at radius 3 is 2.84 bits per heavy atom. The molecule has 2 saturated heterocycles. The first-order valence-corrected chi connectivity index (χ1v) is 11.5. The number of benzene rings is 1. The summed E-state index contributed by atoms with van der Waals surface area (Å²) in [4.78, 5) is 24.6. The minimum atomic E-state index is -0.397. The lowest BCUT2D eigenvalue weighted by Gasteiger charge is -2.20. The Kier molecular flexibility index (Phi) is 4.82. The van der Waals surface area contributed by atoms with E-state index < -0.39 is 6.61 Å². The van der Waals surface area contributed by atoms with Gasteiger partial charge >= 0.3 is 0 Å². The number of amides is 1. The number of carbonyl (C=O) groups is 1. The smallest absolute Gasteiger partial charge is 0.281 e. The molecule has 9 heteroatoms. The molecular formula is C23H22N4O4S. The predicted molar refractivity (Wildman–Crippen MR) is 120 cm³/mol. The summed E-state index contributed by atoms with van der Waals surface area (Å²) in [6.45, 7) is 3.82. The van der Waals surface area contributed by atoms with Gasteiger partial charge in [0.15, 0.2) is 5.65 Å². The van der Waals surface area contributed by atoms with Crippen molar-refractivity contribution in [3.8, 4) is 10.9 Å². The lowest BCUT2D eigenvalue weighted by molar-refractivity contribution is -0.133. The summed E-state index contributed by atoms with van der Waals surface area (Å²) in [5.41, 5.74) is 2.63. The second kappa shape index (κ2) is 7.84. The fourth-order valence-electron chi connectivity index (χ4n) is 4.91. The van der Waals surface area contributed by atoms with Gasteiger partial charge in [-0.1, -0.05) is 11.3 Å². The van der Waals surface area contributed by atoms with Crippen molar-refractivity contribution in [1.82, 2.24) is 19.8 Å². The number of fused-ring (bicyclic) bond motifs is 3. The molecule has 8 nitrogen and oxygen atoms in total. The standard InChI is InChI=1S/C23H22N4O4S/c28-12-21(29)27-10-14-7-26(8-15(14)11-27)9-16-13-30-19-6-17(3-4-18(16)19)31-23-25-22-20(32-23)2-1-5-24-22/h1-6,13-15,28H,7-12H2. The fraction of sp³-hybridized carbons (Fsp3) is 0.348. The molecule has 0 radical (unpaired) electrons. The number of pyridine rings is 1. The molecule has 2 unspecified atom stereocenters. The van der Waals surface area contributed by atoms with E-state index in [0.717, 1.165) is 54.0 Å². The van der Waals surface area contributed by atoms with Crippen molar-refractivity contribution in [3.05, 3.63) is 48.4 Å². The number of hydrogen-bond acceptors (Lipinski definition) is 8. The van der Waals surface area contributed by atoms with Crippen LogP contribution in [0.15, 0.2) is 47.2 Å². The zero-order valence-electron chi connectivity index (χ0n) is 17.3. The molecule has 2 aliphatic rings. The molecule has 1 N–H and O–H groups in total. The SMILES string of the molecule is O=C(CO)N1CC2CN(Cc3coc4cc(Oc5nc6ncccc6s5)ccc34)CC2C1. The van der Waals surface area contributed by atoms with E-state index in [1.165, 1.54) is 11.3 Å². The average Bonchev–Trinajstić information content (AvgIpc) is 3.55. The van der Waals surface area contributed by atoms with Crippen molar-refractivity contribution in [2.24, 2.45) is 11.8 Å². The monoisotopic (exact) mass is 450 g/mol. The summed E-state index contributed by atoms with van der Waals surface area (Å²) in [6, 6.07) is 9.74. The third-order valence-electron chi connectivity index (χ3n) is 6.42. The second-order valence-corrected chi connectivity index (χ2v) is 9.49. The van der Waals surface area contributed by atoms with Crippen molar-refractivity contribution in [2.45, 2.75) is 6.54 Å². The largest absolute Gasteiger partial charge is 0.464 e. The molecule has 3 aromatic heterocycles. The molecule has 6 rings (SSSR count). The molecule has 0 spiro atoms. The van der Waals surface area contributed by atoms with E-state index in [0.29, 0.717) is 28.4 Å². The van der Waals surface area contributed by atoms with E-state index in [1.54, 1.807) is 11.1 Å². The Morgan fingerprint density at radius 1 is 1.22 bits per heavy atom. The summed E-state index contributed by atoms with van der Waals surface area (Å²) >= 11 is 1.46. The van der Waals surface area contributed by atoms with Gasteiger partial charge in [-0.05, 0) is 36.1 Å². The minimum Gasteiger partial charge on any atom is -0.464 e. The van der Waals surface area contributed by atoms with Gasteiger partial charge in [-0.3, -0.25) is 9.69 Å². The molecule has 2 atom stereocenters. The number of aliphatic hydroxyl groups is 1. The van der Waals surface area contributed by atoms with Crippen LogP contribution in [-0.2, 0) is 11.3 Å². The van der Waals surface area contributed by atoms with Gasteiger partial charge in [-0.15, -0.1) is 0 Å². The Labute approximate surface area is 188 Å². The number of aliphatic hydroxyl groups excluding tert-OH is 1. The van der Waals surface area contributed by atoms with Crippen LogP contribution in [0.3, 0.4) is 0 Å². The first-order chi connectivity index (χ1) is 15.7. The van der Waals surface area contributed by atoms with E-state index in [9.17, 15) is 4.79 Å². The highest BCUT2D eigenvalue weighted by Crippen LogP contribution is 2.35. The first-order valence-electron chi connectivity index (χ1n) is 10.7. The van der Waals surface area contributed by atoms with Crippen LogP contribution in [0.1, 0.15) is 5.56 Å². The Bertz CT molecular complexity index is 1250. The summed E-state index contributed by atoms with van der Waals surface area (Å²) in [5, 5.41) is 10.7. The summed E-state index contributed by atoms with van der Waals surface area (Å²) in [5.74, 6) is 1.48. The maximum absolute atomic E-state index is 11.8. The van der Waals surface area contributed by atoms with E-state index in [1.807, 2.05) is 36.6 Å². The van der Waals surface area contributed by atoms with Crippen LogP contribution in [0, 0.1) is 11.8 Å². The maximum Gasteiger partial charge on any atom is 0.281 e. The molecule has 0 aliphatic carbocycles. The quantitative estimate of drug-likeness (QED) is 0.499. The van der Waals surface area contributed by atoms with E-state index >= 15 is 0 Å². The van der Waals surface area contributed by atoms with Gasteiger partial charge in [-0.2, -0.15) is 4.98 Å². The van der Waals surface area contributed by atoms with Gasteiger partial charge in [0.05, 0.1) is 11.0 Å². The van der Waals surface area contributed by atoms with Crippen molar-refractivity contribution in [3.63, 3.8) is 0 Å². The van der Waals surface area contributed by atoms with Crippen LogP contribution in [0.4, 0.5) is 0 Å². The van der Waals surface area contributed by atoms with Gasteiger partial charge < -0.3 is 19.2 Å². The highest BCUT2D eigenvalue weighted by atomic mass is 32.1. The number of likely N-dealkylation sites (tertiary alicyclic amines) is 2. The lowest BCUT2D eigenvalue weighted by Crippen LogP contribution is -2.34. The summed E-state index contributed by atoms with van der Waals surface area (Å²) < 4.78 is 12.8. The van der Waals surface area contributed by atoms with Crippen LogP contribution in [0.2, 0.25) is 0 Å². The van der Waals surface area contributed by atoms with Gasteiger partial charge in [0.2, 0.25) is 5.91 Å². The molecule has 5 heterocycles. The lowest BCUT2D eigenvalue weighted by atomic mass is 10.0. The molecule has 2 aliphatic heterocycles. The molecule has 4 aromatic rings. The minimum absolute atomic E-state index is 0.160. The number of ether oxygens (including phenoxy) is 1. The van der Waals surface area contributed by atoms with Gasteiger partial charge in [0, 0.05) is 55.9 Å². The van der Waals surface area contributed by atoms with Gasteiger partial charge in [0.25, 0.3) is 5.19 Å². The normalized spacial score (nSPS) is 21.0. The third-order valence-corrected chi connectivity index (χ3v) is 7.31. The maximum atomic E-state index is 11.8. The van der Waals surface area contributed by atoms with Crippen LogP contribution in [0.25, 0.3) is 21.3 Å². The zero-order chi connectivity index (χ0) is 21.7. The van der Waals surface area contributed by atoms with Crippen molar-refractivity contribution in [1.29, 1.82) is 0 Å². The van der Waals surface area contributed by atoms with Crippen molar-refractivity contribution >= 4 is 38.6 Å². The number of aromatic nitrogens is 2. The highest BCUT2D eigenvalue weighted by molar-refractivity contribution is 7.20. The fourth-order valence-corrected chi connectivity index (χ4v) is 5.70. The Hall–Kier alpha value is -3.01. The Balaban J connectivity index is 1.14. The highest BCUT2D eigenvalue weighted by Gasteiger charge is 2.41. The van der Waals surface area contributed by atoms with Crippen LogP contribution in [-0.4, -0.2) is 63.6 Å². The van der Waals surface area contributed by atoms with Crippen LogP contribution >= 0.6 is 11.3 Å². The number of carbonyl (C=O) groups excluding carboxylic acids is 1. The molecule has 164 valence electrons. The molecule has 2 fully saturated rings. The average molecular weight is 451 g/mol. The first kappa shape index (κ1) is 19.7. The topological polar surface area (TPSA) is 91.9 Å². The van der Waals surface area contributed by atoms with Crippen LogP contribution < -0.4 is 4.74 Å². The second-order valence-electron chi connectivity index (χ2n) is 8.50. The molecule has 0 bridgehead atoms. The zero-order valence-corrected chi connectivity index (χ0v) is 18.1. The number of thiazole rings is 1. The number of rotatable bonds is 5. The number of nitrogens with zero attached hydrogens (tertiary/aromatic N) is 4. The molecular weight excluding hydrogens is 428 g/mol. The van der Waals surface area contributed by atoms with E-state index in [2.05, 4.69) is 14.9 Å². The van der Waals surface area contributed by atoms with E-state index in [4.69, 9.17) is 14.3 Å². The predicted octanol–water partition coefficient (Wildman–Crippen LogP) is 3.11. The molecule has 1 aromatic carbocycles. The Morgan fingerprint density at radius 2 is 2.06 bits per heavy atom. The number of furan rings is 1. The molecule has 32 heavy (non-hydrogen) atoms. The molecule has 0 saturated carbocycles. The van der Waals surface area contributed by atoms with Gasteiger partial charge in [0.1, 0.15) is 17.9 Å². The van der Waals surface area contributed by atoms with Gasteiger partial charge in [-0.25, -0.2) is 4.98 Å². The summed E-state index contributed by atoms with van der Waals surface area (Å²) in [7, 11) is 0.